The fraction of sp³-hybridized carbons (Fsp3) is 0.154. The molecule has 0 radical (unpaired) electrons. The Hall–Kier alpha value is -2.28. The molecule has 0 spiro atoms. The molecule has 0 aliphatic heterocycles. The Kier molecular flexibility index (Phi) is 4.09. The van der Waals surface area contributed by atoms with Crippen LogP contribution in [0.2, 0.25) is 0 Å². The zero-order chi connectivity index (χ0) is 14.6. The molecule has 0 unspecified atom stereocenters. The topological polar surface area (TPSA) is 45.6 Å². The fourth-order valence-corrected chi connectivity index (χ4v) is 1.56. The molecule has 20 heavy (non-hydrogen) atoms. The predicted molar refractivity (Wildman–Crippen MR) is 65.3 cm³/mol. The SMILES string of the molecule is ON(Cc1ccc(OC(F)(F)F)cc1)c1ccccn1. The number of anilines is 1. The summed E-state index contributed by atoms with van der Waals surface area (Å²) >= 11 is 0. The van der Waals surface area contributed by atoms with Crippen molar-refractivity contribution >= 4 is 5.82 Å². The van der Waals surface area contributed by atoms with Gasteiger partial charge in [0.25, 0.3) is 0 Å². The summed E-state index contributed by atoms with van der Waals surface area (Å²) in [5, 5.41) is 10.7. The highest BCUT2D eigenvalue weighted by Gasteiger charge is 2.30. The first kappa shape index (κ1) is 14.1. The first-order chi connectivity index (χ1) is 9.44. The van der Waals surface area contributed by atoms with Crippen molar-refractivity contribution in [2.24, 2.45) is 0 Å². The van der Waals surface area contributed by atoms with Gasteiger partial charge in [-0.25, -0.2) is 10.0 Å². The lowest BCUT2D eigenvalue weighted by atomic mass is 10.2. The van der Waals surface area contributed by atoms with Crippen LogP contribution >= 0.6 is 0 Å². The van der Waals surface area contributed by atoms with E-state index in [9.17, 15) is 18.4 Å². The van der Waals surface area contributed by atoms with Crippen molar-refractivity contribution in [2.45, 2.75) is 12.9 Å². The van der Waals surface area contributed by atoms with Gasteiger partial charge in [-0.15, -0.1) is 13.2 Å². The van der Waals surface area contributed by atoms with Crippen molar-refractivity contribution in [1.82, 2.24) is 4.98 Å². The first-order valence-corrected chi connectivity index (χ1v) is 5.66. The molecular weight excluding hydrogens is 273 g/mol. The summed E-state index contributed by atoms with van der Waals surface area (Å²) in [6, 6.07) is 10.3. The number of benzene rings is 1. The molecule has 1 aromatic carbocycles. The number of hydrogen-bond donors (Lipinski definition) is 1. The van der Waals surface area contributed by atoms with Gasteiger partial charge in [-0.05, 0) is 29.8 Å². The average molecular weight is 284 g/mol. The van der Waals surface area contributed by atoms with E-state index < -0.39 is 6.36 Å². The molecule has 0 bridgehead atoms. The lowest BCUT2D eigenvalue weighted by Crippen LogP contribution is -2.19. The molecular formula is C13H11F3N2O2. The van der Waals surface area contributed by atoms with Gasteiger partial charge < -0.3 is 4.74 Å². The largest absolute Gasteiger partial charge is 0.573 e. The first-order valence-electron chi connectivity index (χ1n) is 5.66. The highest BCUT2D eigenvalue weighted by atomic mass is 19.4. The molecule has 1 heterocycles. The summed E-state index contributed by atoms with van der Waals surface area (Å²) in [5.41, 5.74) is 0.618. The lowest BCUT2D eigenvalue weighted by molar-refractivity contribution is -0.274. The second-order valence-corrected chi connectivity index (χ2v) is 3.94. The summed E-state index contributed by atoms with van der Waals surface area (Å²) in [7, 11) is 0. The van der Waals surface area contributed by atoms with Crippen LogP contribution in [0.5, 0.6) is 5.75 Å². The van der Waals surface area contributed by atoms with Crippen molar-refractivity contribution in [3.63, 3.8) is 0 Å². The van der Waals surface area contributed by atoms with Gasteiger partial charge in [0, 0.05) is 6.20 Å². The van der Waals surface area contributed by atoms with Gasteiger partial charge in [0.1, 0.15) is 5.75 Å². The monoisotopic (exact) mass is 284 g/mol. The van der Waals surface area contributed by atoms with Gasteiger partial charge >= 0.3 is 6.36 Å². The van der Waals surface area contributed by atoms with Crippen LogP contribution in [-0.4, -0.2) is 16.6 Å². The van der Waals surface area contributed by atoms with Crippen molar-refractivity contribution in [3.8, 4) is 5.75 Å². The number of nitrogens with zero attached hydrogens (tertiary/aromatic N) is 2. The number of ether oxygens (including phenoxy) is 1. The van der Waals surface area contributed by atoms with Crippen LogP contribution in [0.15, 0.2) is 48.7 Å². The molecule has 4 nitrogen and oxygen atoms in total. The Balaban J connectivity index is 2.00. The molecule has 1 N–H and O–H groups in total. The smallest absolute Gasteiger partial charge is 0.406 e. The minimum absolute atomic E-state index is 0.101. The van der Waals surface area contributed by atoms with Gasteiger partial charge in [-0.1, -0.05) is 18.2 Å². The van der Waals surface area contributed by atoms with Crippen LogP contribution in [0.3, 0.4) is 0 Å². The molecule has 0 aliphatic carbocycles. The van der Waals surface area contributed by atoms with Gasteiger partial charge in [0.2, 0.25) is 0 Å². The summed E-state index contributed by atoms with van der Waals surface area (Å²) in [6.45, 7) is 0.101. The van der Waals surface area contributed by atoms with Gasteiger partial charge in [-0.3, -0.25) is 5.21 Å². The van der Waals surface area contributed by atoms with E-state index in [2.05, 4.69) is 9.72 Å². The molecule has 1 aromatic heterocycles. The Morgan fingerprint density at radius 1 is 1.10 bits per heavy atom. The number of hydrogen-bond acceptors (Lipinski definition) is 4. The van der Waals surface area contributed by atoms with Crippen molar-refractivity contribution in [2.75, 3.05) is 5.06 Å². The number of pyridine rings is 1. The van der Waals surface area contributed by atoms with Crippen molar-refractivity contribution in [3.05, 3.63) is 54.2 Å². The third kappa shape index (κ3) is 4.13. The van der Waals surface area contributed by atoms with E-state index in [1.165, 1.54) is 30.5 Å². The normalized spacial score (nSPS) is 11.2. The van der Waals surface area contributed by atoms with E-state index in [1.807, 2.05) is 0 Å². The third-order valence-electron chi connectivity index (χ3n) is 2.40. The summed E-state index contributed by atoms with van der Waals surface area (Å²) in [5.74, 6) is 0.0479. The van der Waals surface area contributed by atoms with E-state index in [1.54, 1.807) is 18.2 Å². The molecule has 7 heteroatoms. The van der Waals surface area contributed by atoms with E-state index in [4.69, 9.17) is 0 Å². The molecule has 0 saturated carbocycles. The molecule has 0 fully saturated rings. The maximum absolute atomic E-state index is 12.0. The van der Waals surface area contributed by atoms with Crippen molar-refractivity contribution in [1.29, 1.82) is 0 Å². The van der Waals surface area contributed by atoms with Crippen LogP contribution in [0.1, 0.15) is 5.56 Å². The van der Waals surface area contributed by atoms with Crippen molar-refractivity contribution < 1.29 is 23.1 Å². The number of alkyl halides is 3. The summed E-state index contributed by atoms with van der Waals surface area (Å²) in [4.78, 5) is 3.94. The average Bonchev–Trinajstić information content (AvgIpc) is 2.40. The van der Waals surface area contributed by atoms with E-state index in [0.717, 1.165) is 5.06 Å². The standard InChI is InChI=1S/C13H11F3N2O2/c14-13(15,16)20-11-6-4-10(5-7-11)9-18(19)12-3-1-2-8-17-12/h1-8,19H,9H2. The third-order valence-corrected chi connectivity index (χ3v) is 2.40. The van der Waals surface area contributed by atoms with E-state index in [-0.39, 0.29) is 12.3 Å². The molecule has 2 aromatic rings. The summed E-state index contributed by atoms with van der Waals surface area (Å²) in [6.07, 6.45) is -3.18. The second-order valence-electron chi connectivity index (χ2n) is 3.94. The minimum Gasteiger partial charge on any atom is -0.406 e. The maximum atomic E-state index is 12.0. The summed E-state index contributed by atoms with van der Waals surface area (Å²) < 4.78 is 39.7. The van der Waals surface area contributed by atoms with Crippen LogP contribution in [0.25, 0.3) is 0 Å². The zero-order valence-corrected chi connectivity index (χ0v) is 10.2. The van der Waals surface area contributed by atoms with Crippen LogP contribution < -0.4 is 9.80 Å². The Morgan fingerprint density at radius 3 is 2.35 bits per heavy atom. The number of aromatic nitrogens is 1. The molecule has 0 atom stereocenters. The van der Waals surface area contributed by atoms with E-state index in [0.29, 0.717) is 11.4 Å². The molecule has 106 valence electrons. The van der Waals surface area contributed by atoms with Crippen LogP contribution in [-0.2, 0) is 6.54 Å². The molecule has 0 amide bonds. The Morgan fingerprint density at radius 2 is 1.80 bits per heavy atom. The zero-order valence-electron chi connectivity index (χ0n) is 10.2. The molecule has 0 aliphatic rings. The molecule has 2 rings (SSSR count). The number of halogens is 3. The molecule has 0 saturated heterocycles. The van der Waals surface area contributed by atoms with E-state index >= 15 is 0 Å². The Labute approximate surface area is 113 Å². The van der Waals surface area contributed by atoms with Gasteiger partial charge in [-0.2, -0.15) is 0 Å². The number of rotatable bonds is 4. The highest BCUT2D eigenvalue weighted by molar-refractivity contribution is 5.36. The highest BCUT2D eigenvalue weighted by Crippen LogP contribution is 2.23. The van der Waals surface area contributed by atoms with Crippen LogP contribution in [0.4, 0.5) is 19.0 Å². The fourth-order valence-electron chi connectivity index (χ4n) is 1.56. The lowest BCUT2D eigenvalue weighted by Gasteiger charge is -2.16. The number of hydroxylamine groups is 1. The quantitative estimate of drug-likeness (QED) is 0.874. The van der Waals surface area contributed by atoms with Gasteiger partial charge in [0.15, 0.2) is 5.82 Å². The van der Waals surface area contributed by atoms with Gasteiger partial charge in [0.05, 0.1) is 6.54 Å². The Bertz CT molecular complexity index is 544. The maximum Gasteiger partial charge on any atom is 0.573 e. The van der Waals surface area contributed by atoms with Crippen LogP contribution in [0, 0.1) is 0 Å². The predicted octanol–water partition coefficient (Wildman–Crippen LogP) is 3.38. The second kappa shape index (κ2) is 5.79. The minimum atomic E-state index is -4.71.